The molecule has 28 heavy (non-hydrogen) atoms. The Hall–Kier alpha value is -2.89. The van der Waals surface area contributed by atoms with Crippen LogP contribution >= 0.6 is 0 Å². The fraction of sp³-hybridized carbons (Fsp3) is 0.409. The summed E-state index contributed by atoms with van der Waals surface area (Å²) in [6.07, 6.45) is 2.26. The summed E-state index contributed by atoms with van der Waals surface area (Å²) in [5, 5.41) is 4.01. The van der Waals surface area contributed by atoms with Crippen molar-refractivity contribution in [3.8, 4) is 0 Å². The molecule has 0 bridgehead atoms. The fourth-order valence-corrected chi connectivity index (χ4v) is 4.22. The zero-order valence-electron chi connectivity index (χ0n) is 15.5. The highest BCUT2D eigenvalue weighted by atomic mass is 16.5. The van der Waals surface area contributed by atoms with Crippen molar-refractivity contribution < 1.29 is 23.7 Å². The van der Waals surface area contributed by atoms with Gasteiger partial charge in [-0.3, -0.25) is 19.2 Å². The van der Waals surface area contributed by atoms with Crippen LogP contribution in [0.1, 0.15) is 65.4 Å². The SMILES string of the molecule is O=C1CC(c2ccccc2)Cc2onc(CCC(=O)C3C(=O)CCCC3=O)c21. The van der Waals surface area contributed by atoms with Gasteiger partial charge in [0.1, 0.15) is 11.7 Å². The van der Waals surface area contributed by atoms with Crippen molar-refractivity contribution in [2.24, 2.45) is 5.92 Å². The molecule has 6 nitrogen and oxygen atoms in total. The summed E-state index contributed by atoms with van der Waals surface area (Å²) in [6, 6.07) is 9.82. The number of carbonyl (C=O) groups excluding carboxylic acids is 4. The predicted molar refractivity (Wildman–Crippen MR) is 99.0 cm³/mol. The van der Waals surface area contributed by atoms with Crippen molar-refractivity contribution in [3.63, 3.8) is 0 Å². The van der Waals surface area contributed by atoms with Crippen LogP contribution in [0.5, 0.6) is 0 Å². The smallest absolute Gasteiger partial charge is 0.168 e. The second kappa shape index (κ2) is 7.62. The average molecular weight is 379 g/mol. The second-order valence-electron chi connectivity index (χ2n) is 7.55. The van der Waals surface area contributed by atoms with Crippen LogP contribution < -0.4 is 0 Å². The lowest BCUT2D eigenvalue weighted by Gasteiger charge is -2.20. The van der Waals surface area contributed by atoms with Gasteiger partial charge in [-0.15, -0.1) is 0 Å². The van der Waals surface area contributed by atoms with E-state index in [1.165, 1.54) is 0 Å². The van der Waals surface area contributed by atoms with Gasteiger partial charge in [0.25, 0.3) is 0 Å². The monoisotopic (exact) mass is 379 g/mol. The molecule has 0 aliphatic heterocycles. The van der Waals surface area contributed by atoms with Crippen LogP contribution in [0.15, 0.2) is 34.9 Å². The first-order valence-electron chi connectivity index (χ1n) is 9.68. The van der Waals surface area contributed by atoms with Crippen LogP contribution in [0.25, 0.3) is 0 Å². The van der Waals surface area contributed by atoms with E-state index in [2.05, 4.69) is 5.16 Å². The molecular formula is C22H21NO5. The largest absolute Gasteiger partial charge is 0.360 e. The molecule has 0 radical (unpaired) electrons. The third-order valence-corrected chi connectivity index (χ3v) is 5.67. The highest BCUT2D eigenvalue weighted by Gasteiger charge is 2.36. The first kappa shape index (κ1) is 18.5. The maximum atomic E-state index is 12.7. The van der Waals surface area contributed by atoms with E-state index >= 15 is 0 Å². The van der Waals surface area contributed by atoms with E-state index in [1.807, 2.05) is 30.3 Å². The van der Waals surface area contributed by atoms with Gasteiger partial charge in [-0.2, -0.15) is 0 Å². The van der Waals surface area contributed by atoms with Gasteiger partial charge in [0, 0.05) is 38.5 Å². The number of carbonyl (C=O) groups is 4. The van der Waals surface area contributed by atoms with E-state index in [0.717, 1.165) is 5.56 Å². The van der Waals surface area contributed by atoms with Gasteiger partial charge >= 0.3 is 0 Å². The molecular weight excluding hydrogens is 358 g/mol. The van der Waals surface area contributed by atoms with Crippen LogP contribution in [-0.2, 0) is 27.2 Å². The van der Waals surface area contributed by atoms with Crippen molar-refractivity contribution in [1.29, 1.82) is 0 Å². The number of hydrogen-bond acceptors (Lipinski definition) is 6. The maximum absolute atomic E-state index is 12.7. The van der Waals surface area contributed by atoms with Gasteiger partial charge in [0.2, 0.25) is 0 Å². The zero-order valence-corrected chi connectivity index (χ0v) is 15.5. The lowest BCUT2D eigenvalue weighted by atomic mass is 9.80. The quantitative estimate of drug-likeness (QED) is 0.741. The number of hydrogen-bond donors (Lipinski definition) is 0. The van der Waals surface area contributed by atoms with Crippen molar-refractivity contribution in [1.82, 2.24) is 5.16 Å². The molecule has 2 aliphatic carbocycles. The van der Waals surface area contributed by atoms with E-state index in [1.54, 1.807) is 0 Å². The van der Waals surface area contributed by atoms with E-state index in [0.29, 0.717) is 36.3 Å². The van der Waals surface area contributed by atoms with Crippen molar-refractivity contribution in [2.75, 3.05) is 0 Å². The Morgan fingerprint density at radius 1 is 1.04 bits per heavy atom. The molecule has 1 saturated carbocycles. The van der Waals surface area contributed by atoms with Gasteiger partial charge in [0.15, 0.2) is 23.1 Å². The summed E-state index contributed by atoms with van der Waals surface area (Å²) in [5.41, 5.74) is 2.01. The van der Waals surface area contributed by atoms with Gasteiger partial charge in [-0.05, 0) is 17.9 Å². The number of aromatic nitrogens is 1. The Kier molecular flexibility index (Phi) is 5.03. The summed E-state index contributed by atoms with van der Waals surface area (Å²) in [6.45, 7) is 0. The summed E-state index contributed by atoms with van der Waals surface area (Å²) in [4.78, 5) is 49.0. The van der Waals surface area contributed by atoms with Crippen molar-refractivity contribution in [2.45, 2.75) is 50.9 Å². The third kappa shape index (κ3) is 3.46. The van der Waals surface area contributed by atoms with E-state index in [9.17, 15) is 19.2 Å². The summed E-state index contributed by atoms with van der Waals surface area (Å²) < 4.78 is 5.41. The van der Waals surface area contributed by atoms with Gasteiger partial charge < -0.3 is 4.52 Å². The molecule has 2 aromatic rings. The van der Waals surface area contributed by atoms with Crippen molar-refractivity contribution >= 4 is 23.1 Å². The van der Waals surface area contributed by atoms with E-state index in [-0.39, 0.29) is 54.7 Å². The first-order chi connectivity index (χ1) is 13.5. The van der Waals surface area contributed by atoms with Crippen LogP contribution in [-0.4, -0.2) is 28.3 Å². The minimum Gasteiger partial charge on any atom is -0.360 e. The molecule has 144 valence electrons. The Bertz CT molecular complexity index is 927. The third-order valence-electron chi connectivity index (χ3n) is 5.67. The molecule has 6 heteroatoms. The molecule has 1 fully saturated rings. The first-order valence-corrected chi connectivity index (χ1v) is 9.68. The summed E-state index contributed by atoms with van der Waals surface area (Å²) >= 11 is 0. The molecule has 1 atom stereocenters. The van der Waals surface area contributed by atoms with Crippen LogP contribution in [0, 0.1) is 5.92 Å². The van der Waals surface area contributed by atoms with Gasteiger partial charge in [0.05, 0.1) is 11.3 Å². The number of Topliss-reactive ketones (excluding diaryl/α,β-unsaturated/α-hetero) is 4. The number of rotatable bonds is 5. The molecule has 1 heterocycles. The Morgan fingerprint density at radius 2 is 1.75 bits per heavy atom. The molecule has 0 amide bonds. The highest BCUT2D eigenvalue weighted by molar-refractivity contribution is 6.20. The minimum atomic E-state index is -1.13. The van der Waals surface area contributed by atoms with Crippen LogP contribution in [0.4, 0.5) is 0 Å². The number of aryl methyl sites for hydroxylation is 1. The number of ketones is 4. The molecule has 4 rings (SSSR count). The maximum Gasteiger partial charge on any atom is 0.168 e. The van der Waals surface area contributed by atoms with E-state index < -0.39 is 5.92 Å². The van der Waals surface area contributed by atoms with Crippen LogP contribution in [0.2, 0.25) is 0 Å². The average Bonchev–Trinajstić information content (AvgIpc) is 3.10. The topological polar surface area (TPSA) is 94.3 Å². The molecule has 2 aliphatic rings. The van der Waals surface area contributed by atoms with Gasteiger partial charge in [-0.25, -0.2) is 0 Å². The molecule has 1 aromatic heterocycles. The highest BCUT2D eigenvalue weighted by Crippen LogP contribution is 2.34. The van der Waals surface area contributed by atoms with Gasteiger partial charge in [-0.1, -0.05) is 35.5 Å². The lowest BCUT2D eigenvalue weighted by molar-refractivity contribution is -0.142. The molecule has 0 N–H and O–H groups in total. The summed E-state index contributed by atoms with van der Waals surface area (Å²) in [7, 11) is 0. The Morgan fingerprint density at radius 3 is 2.46 bits per heavy atom. The molecule has 0 spiro atoms. The number of benzene rings is 1. The number of fused-ring (bicyclic) bond motifs is 1. The standard InChI is InChI=1S/C22H21NO5/c24-16-7-4-8-17(25)22(16)18(26)10-9-15-21-19(27)11-14(12-20(21)28-23-15)13-5-2-1-3-6-13/h1-3,5-6,14,22H,4,7-12H2. The number of nitrogens with zero attached hydrogens (tertiary/aromatic N) is 1. The zero-order chi connectivity index (χ0) is 19.7. The molecule has 1 aromatic carbocycles. The normalized spacial score (nSPS) is 20.3. The van der Waals surface area contributed by atoms with Crippen molar-refractivity contribution in [3.05, 3.63) is 52.9 Å². The molecule has 0 saturated heterocycles. The Balaban J connectivity index is 1.46. The van der Waals surface area contributed by atoms with E-state index in [4.69, 9.17) is 4.52 Å². The predicted octanol–water partition coefficient (Wildman–Crippen LogP) is 3.03. The minimum absolute atomic E-state index is 0.0104. The summed E-state index contributed by atoms with van der Waals surface area (Å²) in [5.74, 6) is -1.51. The van der Waals surface area contributed by atoms with Crippen LogP contribution in [0.3, 0.4) is 0 Å². The fourth-order valence-electron chi connectivity index (χ4n) is 4.22. The lowest BCUT2D eigenvalue weighted by Crippen LogP contribution is -2.35. The molecule has 1 unspecified atom stereocenters. The Labute approximate surface area is 162 Å². The second-order valence-corrected chi connectivity index (χ2v) is 7.55.